The number of hydrogen-bond donors (Lipinski definition) is 1. The van der Waals surface area contributed by atoms with Crippen molar-refractivity contribution in [2.75, 3.05) is 12.8 Å². The Balaban J connectivity index is 1.97. The molecular weight excluding hydrogens is 242 g/mol. The summed E-state index contributed by atoms with van der Waals surface area (Å²) in [5, 5.41) is 7.56. The minimum Gasteiger partial charge on any atom is -0.312 e. The van der Waals surface area contributed by atoms with Gasteiger partial charge in [0.15, 0.2) is 0 Å². The predicted octanol–water partition coefficient (Wildman–Crippen LogP) is 2.78. The van der Waals surface area contributed by atoms with Crippen LogP contribution in [0.3, 0.4) is 0 Å². The van der Waals surface area contributed by atoms with Gasteiger partial charge in [-0.05, 0) is 26.1 Å². The summed E-state index contributed by atoms with van der Waals surface area (Å²) in [6, 6.07) is 9.00. The first-order valence-corrected chi connectivity index (χ1v) is 7.03. The lowest BCUT2D eigenvalue weighted by molar-refractivity contribution is 0.660. The van der Waals surface area contributed by atoms with E-state index in [4.69, 9.17) is 0 Å². The van der Waals surface area contributed by atoms with Crippen LogP contribution in [0.4, 0.5) is 0 Å². The van der Waals surface area contributed by atoms with Crippen molar-refractivity contribution in [3.05, 3.63) is 47.8 Å². The Morgan fingerprint density at radius 1 is 1.33 bits per heavy atom. The Labute approximate surface area is 113 Å². The quantitative estimate of drug-likeness (QED) is 0.839. The van der Waals surface area contributed by atoms with Crippen LogP contribution < -0.4 is 5.32 Å². The Morgan fingerprint density at radius 2 is 2.06 bits per heavy atom. The Hall–Kier alpha value is -1.26. The predicted molar refractivity (Wildman–Crippen MR) is 76.9 cm³/mol. The van der Waals surface area contributed by atoms with E-state index in [0.29, 0.717) is 6.04 Å². The standard InChI is InChI=1S/C14H19N3S/c1-11-4-6-13(7-5-11)18-10-14(15-2)12-8-16-17(3)9-12/h4-9,14-15H,10H2,1-3H3. The number of rotatable bonds is 5. The monoisotopic (exact) mass is 261 g/mol. The number of aryl methyl sites for hydroxylation is 2. The molecule has 1 atom stereocenters. The van der Waals surface area contributed by atoms with E-state index in [2.05, 4.69) is 47.8 Å². The molecule has 1 aromatic carbocycles. The molecule has 0 saturated heterocycles. The molecule has 2 rings (SSSR count). The molecule has 4 heteroatoms. The molecular formula is C14H19N3S. The molecule has 1 aromatic heterocycles. The van der Waals surface area contributed by atoms with Gasteiger partial charge >= 0.3 is 0 Å². The number of thioether (sulfide) groups is 1. The molecule has 1 heterocycles. The van der Waals surface area contributed by atoms with Gasteiger partial charge in [0.25, 0.3) is 0 Å². The van der Waals surface area contributed by atoms with Crippen molar-refractivity contribution in [1.82, 2.24) is 15.1 Å². The van der Waals surface area contributed by atoms with Gasteiger partial charge in [0.05, 0.1) is 6.20 Å². The largest absolute Gasteiger partial charge is 0.312 e. The average molecular weight is 261 g/mol. The van der Waals surface area contributed by atoms with Gasteiger partial charge < -0.3 is 5.32 Å². The van der Waals surface area contributed by atoms with Gasteiger partial charge in [-0.25, -0.2) is 0 Å². The van der Waals surface area contributed by atoms with E-state index in [0.717, 1.165) is 5.75 Å². The second-order valence-corrected chi connectivity index (χ2v) is 5.51. The van der Waals surface area contributed by atoms with E-state index in [1.54, 1.807) is 0 Å². The first-order chi connectivity index (χ1) is 8.69. The maximum absolute atomic E-state index is 4.22. The highest BCUT2D eigenvalue weighted by Gasteiger charge is 2.11. The molecule has 96 valence electrons. The van der Waals surface area contributed by atoms with Crippen LogP contribution in [0.15, 0.2) is 41.6 Å². The SMILES string of the molecule is CNC(CSc1ccc(C)cc1)c1cnn(C)c1. The number of hydrogen-bond acceptors (Lipinski definition) is 3. The van der Waals surface area contributed by atoms with E-state index in [1.807, 2.05) is 36.7 Å². The van der Waals surface area contributed by atoms with Crippen LogP contribution in [0, 0.1) is 6.92 Å². The van der Waals surface area contributed by atoms with Crippen molar-refractivity contribution in [2.45, 2.75) is 17.9 Å². The molecule has 0 aliphatic carbocycles. The first-order valence-electron chi connectivity index (χ1n) is 6.04. The van der Waals surface area contributed by atoms with Crippen LogP contribution >= 0.6 is 11.8 Å². The Morgan fingerprint density at radius 3 is 2.61 bits per heavy atom. The van der Waals surface area contributed by atoms with Gasteiger partial charge in [-0.1, -0.05) is 17.7 Å². The lowest BCUT2D eigenvalue weighted by Gasteiger charge is -2.13. The second kappa shape index (κ2) is 6.07. The fourth-order valence-corrected chi connectivity index (χ4v) is 2.83. The van der Waals surface area contributed by atoms with E-state index >= 15 is 0 Å². The normalized spacial score (nSPS) is 12.6. The number of nitrogens with zero attached hydrogens (tertiary/aromatic N) is 2. The minimum absolute atomic E-state index is 0.338. The van der Waals surface area contributed by atoms with Crippen molar-refractivity contribution in [1.29, 1.82) is 0 Å². The lowest BCUT2D eigenvalue weighted by atomic mass is 10.2. The zero-order valence-electron chi connectivity index (χ0n) is 11.1. The summed E-state index contributed by atoms with van der Waals surface area (Å²) in [5.74, 6) is 1.01. The van der Waals surface area contributed by atoms with Crippen molar-refractivity contribution in [3.8, 4) is 0 Å². The van der Waals surface area contributed by atoms with Crippen LogP contribution in [0.25, 0.3) is 0 Å². The van der Waals surface area contributed by atoms with Crippen LogP contribution in [0.2, 0.25) is 0 Å². The van der Waals surface area contributed by atoms with E-state index in [9.17, 15) is 0 Å². The molecule has 3 nitrogen and oxygen atoms in total. The van der Waals surface area contributed by atoms with Gasteiger partial charge in [-0.2, -0.15) is 5.10 Å². The summed E-state index contributed by atoms with van der Waals surface area (Å²) in [4.78, 5) is 1.31. The van der Waals surface area contributed by atoms with Gasteiger partial charge in [0.1, 0.15) is 0 Å². The van der Waals surface area contributed by atoms with E-state index in [-0.39, 0.29) is 0 Å². The molecule has 0 spiro atoms. The van der Waals surface area contributed by atoms with E-state index in [1.165, 1.54) is 16.0 Å². The van der Waals surface area contributed by atoms with Gasteiger partial charge in [-0.3, -0.25) is 4.68 Å². The molecule has 18 heavy (non-hydrogen) atoms. The maximum Gasteiger partial charge on any atom is 0.0537 e. The summed E-state index contributed by atoms with van der Waals surface area (Å²) in [5.41, 5.74) is 2.54. The van der Waals surface area contributed by atoms with Crippen molar-refractivity contribution in [3.63, 3.8) is 0 Å². The van der Waals surface area contributed by atoms with Gasteiger partial charge in [-0.15, -0.1) is 11.8 Å². The molecule has 0 fully saturated rings. The Kier molecular flexibility index (Phi) is 4.44. The molecule has 1 N–H and O–H groups in total. The fraction of sp³-hybridized carbons (Fsp3) is 0.357. The number of aromatic nitrogens is 2. The number of nitrogens with one attached hydrogen (secondary N) is 1. The Bertz CT molecular complexity index is 490. The highest BCUT2D eigenvalue weighted by atomic mass is 32.2. The zero-order chi connectivity index (χ0) is 13.0. The fourth-order valence-electron chi connectivity index (χ4n) is 1.78. The summed E-state index contributed by atoms with van der Waals surface area (Å²) < 4.78 is 1.84. The highest BCUT2D eigenvalue weighted by Crippen LogP contribution is 2.24. The van der Waals surface area contributed by atoms with Crippen molar-refractivity contribution < 1.29 is 0 Å². The smallest absolute Gasteiger partial charge is 0.0537 e. The third kappa shape index (κ3) is 3.37. The molecule has 1 unspecified atom stereocenters. The first kappa shape index (κ1) is 13.2. The summed E-state index contributed by atoms with van der Waals surface area (Å²) in [7, 11) is 3.94. The van der Waals surface area contributed by atoms with E-state index < -0.39 is 0 Å². The molecule has 0 radical (unpaired) electrons. The zero-order valence-corrected chi connectivity index (χ0v) is 11.9. The van der Waals surface area contributed by atoms with Crippen LogP contribution in [-0.2, 0) is 7.05 Å². The molecule has 0 saturated carbocycles. The molecule has 0 aliphatic rings. The summed E-state index contributed by atoms with van der Waals surface area (Å²) in [6.07, 6.45) is 3.99. The third-order valence-electron chi connectivity index (χ3n) is 2.91. The van der Waals surface area contributed by atoms with Crippen molar-refractivity contribution in [2.24, 2.45) is 7.05 Å². The summed E-state index contributed by atoms with van der Waals surface area (Å²) >= 11 is 1.87. The average Bonchev–Trinajstić information content (AvgIpc) is 2.79. The minimum atomic E-state index is 0.338. The maximum atomic E-state index is 4.22. The molecule has 0 amide bonds. The third-order valence-corrected chi connectivity index (χ3v) is 4.02. The van der Waals surface area contributed by atoms with Gasteiger partial charge in [0, 0.05) is 35.5 Å². The number of benzene rings is 1. The second-order valence-electron chi connectivity index (χ2n) is 4.41. The van der Waals surface area contributed by atoms with Gasteiger partial charge in [0.2, 0.25) is 0 Å². The topological polar surface area (TPSA) is 29.9 Å². The molecule has 0 aliphatic heterocycles. The molecule has 2 aromatic rings. The van der Waals surface area contributed by atoms with Crippen LogP contribution in [0.1, 0.15) is 17.2 Å². The van der Waals surface area contributed by atoms with Crippen LogP contribution in [-0.4, -0.2) is 22.6 Å². The van der Waals surface area contributed by atoms with Crippen LogP contribution in [0.5, 0.6) is 0 Å². The molecule has 0 bridgehead atoms. The lowest BCUT2D eigenvalue weighted by Crippen LogP contribution is -2.18. The highest BCUT2D eigenvalue weighted by molar-refractivity contribution is 7.99. The van der Waals surface area contributed by atoms with Crippen molar-refractivity contribution >= 4 is 11.8 Å². The summed E-state index contributed by atoms with van der Waals surface area (Å²) in [6.45, 7) is 2.11.